The van der Waals surface area contributed by atoms with Gasteiger partial charge >= 0.3 is 0 Å². The summed E-state index contributed by atoms with van der Waals surface area (Å²) in [4.78, 5) is 11.8. The maximum Gasteiger partial charge on any atom is 0.234 e. The van der Waals surface area contributed by atoms with Crippen LogP contribution in [0.15, 0.2) is 0 Å². The third-order valence-electron chi connectivity index (χ3n) is 3.84. The Morgan fingerprint density at radius 3 is 2.58 bits per heavy atom. The molecule has 1 fully saturated rings. The first-order valence-electron chi connectivity index (χ1n) is 7.52. The summed E-state index contributed by atoms with van der Waals surface area (Å²) in [5.74, 6) is 0.134. The van der Waals surface area contributed by atoms with E-state index < -0.39 is 0 Å². The van der Waals surface area contributed by atoms with Crippen LogP contribution in [0.2, 0.25) is 0 Å². The van der Waals surface area contributed by atoms with Crippen LogP contribution in [0.3, 0.4) is 0 Å². The summed E-state index contributed by atoms with van der Waals surface area (Å²) in [7, 11) is 1.72. The predicted octanol–water partition coefficient (Wildman–Crippen LogP) is 2.09. The topological polar surface area (TPSA) is 50.4 Å². The molecule has 0 aromatic rings. The number of methoxy groups -OCH3 is 1. The van der Waals surface area contributed by atoms with Gasteiger partial charge in [-0.05, 0) is 24.7 Å². The van der Waals surface area contributed by atoms with Crippen molar-refractivity contribution in [2.24, 2.45) is 5.41 Å². The van der Waals surface area contributed by atoms with Crippen molar-refractivity contribution in [3.63, 3.8) is 0 Å². The van der Waals surface area contributed by atoms with Gasteiger partial charge in [0.05, 0.1) is 6.54 Å². The molecule has 1 amide bonds. The molecule has 0 aromatic heterocycles. The van der Waals surface area contributed by atoms with Crippen molar-refractivity contribution in [2.45, 2.75) is 58.4 Å². The first-order chi connectivity index (χ1) is 9.03. The van der Waals surface area contributed by atoms with Crippen LogP contribution < -0.4 is 10.6 Å². The number of rotatable bonds is 8. The highest BCUT2D eigenvalue weighted by Gasteiger charge is 2.18. The molecule has 0 unspecified atom stereocenters. The number of carbonyl (C=O) groups excluding carboxylic acids is 1. The van der Waals surface area contributed by atoms with E-state index in [1.807, 2.05) is 0 Å². The molecule has 19 heavy (non-hydrogen) atoms. The number of carbonyl (C=O) groups is 1. The molecule has 112 valence electrons. The molecule has 0 radical (unpaired) electrons. The van der Waals surface area contributed by atoms with E-state index in [9.17, 15) is 4.79 Å². The average Bonchev–Trinajstić information content (AvgIpc) is 2.37. The Morgan fingerprint density at radius 1 is 1.26 bits per heavy atom. The van der Waals surface area contributed by atoms with Gasteiger partial charge in [-0.2, -0.15) is 0 Å². The molecule has 0 aromatic carbocycles. The van der Waals surface area contributed by atoms with Crippen molar-refractivity contribution >= 4 is 5.91 Å². The van der Waals surface area contributed by atoms with Gasteiger partial charge in [0.2, 0.25) is 5.91 Å². The standard InChI is InChI=1S/C15H30N2O2/c1-15(2,9-10-19-3)12-16-11-14(18)17-13-7-5-4-6-8-13/h13,16H,4-12H2,1-3H3,(H,17,18). The summed E-state index contributed by atoms with van der Waals surface area (Å²) in [6.45, 7) is 6.42. The van der Waals surface area contributed by atoms with Gasteiger partial charge in [0.15, 0.2) is 0 Å². The third-order valence-corrected chi connectivity index (χ3v) is 3.84. The number of hydrogen-bond donors (Lipinski definition) is 2. The Bertz CT molecular complexity index is 261. The maximum atomic E-state index is 11.8. The van der Waals surface area contributed by atoms with Crippen LogP contribution in [0.25, 0.3) is 0 Å². The van der Waals surface area contributed by atoms with Gasteiger partial charge in [0, 0.05) is 26.3 Å². The van der Waals surface area contributed by atoms with E-state index in [0.717, 1.165) is 32.4 Å². The minimum absolute atomic E-state index is 0.134. The van der Waals surface area contributed by atoms with E-state index in [1.54, 1.807) is 7.11 Å². The normalized spacial score (nSPS) is 17.4. The fourth-order valence-corrected chi connectivity index (χ4v) is 2.51. The third kappa shape index (κ3) is 7.53. The van der Waals surface area contributed by atoms with Crippen LogP contribution in [0.4, 0.5) is 0 Å². The van der Waals surface area contributed by atoms with Crippen molar-refractivity contribution in [3.8, 4) is 0 Å². The van der Waals surface area contributed by atoms with Gasteiger partial charge in [-0.3, -0.25) is 4.79 Å². The van der Waals surface area contributed by atoms with E-state index in [-0.39, 0.29) is 11.3 Å². The summed E-state index contributed by atoms with van der Waals surface area (Å²) >= 11 is 0. The zero-order valence-electron chi connectivity index (χ0n) is 12.8. The molecular formula is C15H30N2O2. The Hall–Kier alpha value is -0.610. The quantitative estimate of drug-likeness (QED) is 0.710. The average molecular weight is 270 g/mol. The Kier molecular flexibility index (Phi) is 7.39. The predicted molar refractivity (Wildman–Crippen MR) is 78.2 cm³/mol. The van der Waals surface area contributed by atoms with Crippen LogP contribution in [-0.2, 0) is 9.53 Å². The summed E-state index contributed by atoms with van der Waals surface area (Å²) in [5.41, 5.74) is 0.168. The number of hydrogen-bond acceptors (Lipinski definition) is 3. The van der Waals surface area contributed by atoms with Crippen molar-refractivity contribution in [1.82, 2.24) is 10.6 Å². The van der Waals surface area contributed by atoms with Crippen LogP contribution in [-0.4, -0.2) is 38.8 Å². The molecular weight excluding hydrogens is 240 g/mol. The van der Waals surface area contributed by atoms with Gasteiger partial charge in [0.25, 0.3) is 0 Å². The number of amides is 1. The molecule has 2 N–H and O–H groups in total. The van der Waals surface area contributed by atoms with Crippen LogP contribution in [0.1, 0.15) is 52.4 Å². The zero-order valence-corrected chi connectivity index (χ0v) is 12.8. The lowest BCUT2D eigenvalue weighted by Gasteiger charge is -2.25. The molecule has 0 spiro atoms. The summed E-state index contributed by atoms with van der Waals surface area (Å²) in [6.07, 6.45) is 7.11. The molecule has 0 aliphatic heterocycles. The molecule has 4 nitrogen and oxygen atoms in total. The minimum atomic E-state index is 0.134. The molecule has 0 atom stereocenters. The summed E-state index contributed by atoms with van der Waals surface area (Å²) in [6, 6.07) is 0.407. The highest BCUT2D eigenvalue weighted by atomic mass is 16.5. The fourth-order valence-electron chi connectivity index (χ4n) is 2.51. The Labute approximate surface area is 117 Å². The molecule has 4 heteroatoms. The molecule has 0 heterocycles. The van der Waals surface area contributed by atoms with Crippen molar-refractivity contribution in [1.29, 1.82) is 0 Å². The fraction of sp³-hybridized carbons (Fsp3) is 0.933. The van der Waals surface area contributed by atoms with Crippen LogP contribution in [0, 0.1) is 5.41 Å². The zero-order chi connectivity index (χ0) is 14.1. The van der Waals surface area contributed by atoms with E-state index in [2.05, 4.69) is 24.5 Å². The summed E-state index contributed by atoms with van der Waals surface area (Å²) in [5, 5.41) is 6.38. The van der Waals surface area contributed by atoms with E-state index in [4.69, 9.17) is 4.74 Å². The lowest BCUT2D eigenvalue weighted by molar-refractivity contribution is -0.121. The second kappa shape index (κ2) is 8.54. The Balaban J connectivity index is 2.12. The maximum absolute atomic E-state index is 11.8. The monoisotopic (exact) mass is 270 g/mol. The largest absolute Gasteiger partial charge is 0.385 e. The van der Waals surface area contributed by atoms with Gasteiger partial charge < -0.3 is 15.4 Å². The summed E-state index contributed by atoms with van der Waals surface area (Å²) < 4.78 is 5.10. The van der Waals surface area contributed by atoms with Gasteiger partial charge in [-0.25, -0.2) is 0 Å². The second-order valence-electron chi connectivity index (χ2n) is 6.41. The van der Waals surface area contributed by atoms with Crippen molar-refractivity contribution < 1.29 is 9.53 Å². The number of ether oxygens (including phenoxy) is 1. The van der Waals surface area contributed by atoms with Gasteiger partial charge in [-0.15, -0.1) is 0 Å². The Morgan fingerprint density at radius 2 is 1.95 bits per heavy atom. The highest BCUT2D eigenvalue weighted by molar-refractivity contribution is 5.78. The van der Waals surface area contributed by atoms with Crippen LogP contribution >= 0.6 is 0 Å². The minimum Gasteiger partial charge on any atom is -0.385 e. The van der Waals surface area contributed by atoms with E-state index in [1.165, 1.54) is 19.3 Å². The first-order valence-corrected chi connectivity index (χ1v) is 7.52. The van der Waals surface area contributed by atoms with Gasteiger partial charge in [0.1, 0.15) is 0 Å². The molecule has 1 aliphatic carbocycles. The smallest absolute Gasteiger partial charge is 0.234 e. The van der Waals surface area contributed by atoms with Crippen molar-refractivity contribution in [2.75, 3.05) is 26.8 Å². The second-order valence-corrected chi connectivity index (χ2v) is 6.41. The van der Waals surface area contributed by atoms with E-state index >= 15 is 0 Å². The molecule has 1 saturated carbocycles. The SMILES string of the molecule is COCCC(C)(C)CNCC(=O)NC1CCCCC1. The molecule has 1 aliphatic rings. The lowest BCUT2D eigenvalue weighted by atomic mass is 9.90. The van der Waals surface area contributed by atoms with Crippen molar-refractivity contribution in [3.05, 3.63) is 0 Å². The molecule has 0 bridgehead atoms. The number of nitrogens with one attached hydrogen (secondary N) is 2. The molecule has 0 saturated heterocycles. The van der Waals surface area contributed by atoms with Gasteiger partial charge in [-0.1, -0.05) is 33.1 Å². The first kappa shape index (κ1) is 16.4. The highest BCUT2D eigenvalue weighted by Crippen LogP contribution is 2.19. The molecule has 1 rings (SSSR count). The van der Waals surface area contributed by atoms with Crippen LogP contribution in [0.5, 0.6) is 0 Å². The lowest BCUT2D eigenvalue weighted by Crippen LogP contribution is -2.43. The van der Waals surface area contributed by atoms with E-state index in [0.29, 0.717) is 12.6 Å².